The second-order valence-corrected chi connectivity index (χ2v) is 4.51. The molecule has 1 heterocycles. The predicted octanol–water partition coefficient (Wildman–Crippen LogP) is 3.41. The Bertz CT molecular complexity index is 426. The zero-order valence-corrected chi connectivity index (χ0v) is 10.1. The van der Waals surface area contributed by atoms with Gasteiger partial charge in [0.15, 0.2) is 0 Å². The van der Waals surface area contributed by atoms with Gasteiger partial charge in [-0.25, -0.2) is 4.98 Å². The number of imidazole rings is 1. The SMILES string of the molecule is CCC(Nc1nc2ccccc2[nH]1)C(C)C. The van der Waals surface area contributed by atoms with Crippen molar-refractivity contribution < 1.29 is 0 Å². The Kier molecular flexibility index (Phi) is 3.13. The molecule has 0 aliphatic rings. The maximum absolute atomic E-state index is 4.52. The number of fused-ring (bicyclic) bond motifs is 1. The lowest BCUT2D eigenvalue weighted by molar-refractivity contribution is 0.509. The highest BCUT2D eigenvalue weighted by atomic mass is 15.1. The van der Waals surface area contributed by atoms with Crippen molar-refractivity contribution in [2.24, 2.45) is 5.92 Å². The fourth-order valence-electron chi connectivity index (χ4n) is 1.94. The summed E-state index contributed by atoms with van der Waals surface area (Å²) in [5, 5.41) is 3.45. The van der Waals surface area contributed by atoms with Crippen molar-refractivity contribution in [3.63, 3.8) is 0 Å². The first-order chi connectivity index (χ1) is 7.70. The molecule has 0 saturated carbocycles. The van der Waals surface area contributed by atoms with Crippen LogP contribution in [0.15, 0.2) is 24.3 Å². The van der Waals surface area contributed by atoms with E-state index in [0.717, 1.165) is 23.4 Å². The first kappa shape index (κ1) is 11.0. The number of H-pyrrole nitrogens is 1. The van der Waals surface area contributed by atoms with E-state index in [9.17, 15) is 0 Å². The summed E-state index contributed by atoms with van der Waals surface area (Å²) < 4.78 is 0. The van der Waals surface area contributed by atoms with Gasteiger partial charge in [0.1, 0.15) is 0 Å². The molecule has 2 aromatic rings. The van der Waals surface area contributed by atoms with Crippen LogP contribution < -0.4 is 5.32 Å². The van der Waals surface area contributed by atoms with Crippen LogP contribution in [-0.4, -0.2) is 16.0 Å². The van der Waals surface area contributed by atoms with E-state index in [2.05, 4.69) is 36.1 Å². The van der Waals surface area contributed by atoms with Crippen LogP contribution in [0.5, 0.6) is 0 Å². The molecule has 1 unspecified atom stereocenters. The Morgan fingerprint density at radius 1 is 1.31 bits per heavy atom. The maximum Gasteiger partial charge on any atom is 0.201 e. The zero-order valence-electron chi connectivity index (χ0n) is 10.1. The summed E-state index contributed by atoms with van der Waals surface area (Å²) in [7, 11) is 0. The van der Waals surface area contributed by atoms with Gasteiger partial charge in [-0.2, -0.15) is 0 Å². The van der Waals surface area contributed by atoms with Crippen molar-refractivity contribution in [2.45, 2.75) is 33.2 Å². The van der Waals surface area contributed by atoms with Crippen molar-refractivity contribution in [3.8, 4) is 0 Å². The molecule has 0 aliphatic carbocycles. The number of hydrogen-bond donors (Lipinski definition) is 2. The van der Waals surface area contributed by atoms with E-state index in [0.29, 0.717) is 12.0 Å². The van der Waals surface area contributed by atoms with Gasteiger partial charge >= 0.3 is 0 Å². The van der Waals surface area contributed by atoms with Gasteiger partial charge in [-0.05, 0) is 24.5 Å². The Labute approximate surface area is 96.3 Å². The zero-order chi connectivity index (χ0) is 11.5. The molecule has 3 nitrogen and oxygen atoms in total. The molecule has 0 fully saturated rings. The molecule has 1 atom stereocenters. The topological polar surface area (TPSA) is 40.7 Å². The highest BCUT2D eigenvalue weighted by Crippen LogP contribution is 2.16. The predicted molar refractivity (Wildman–Crippen MR) is 68.6 cm³/mol. The molecular weight excluding hydrogens is 198 g/mol. The van der Waals surface area contributed by atoms with E-state index in [1.807, 2.05) is 24.3 Å². The summed E-state index contributed by atoms with van der Waals surface area (Å²) >= 11 is 0. The van der Waals surface area contributed by atoms with E-state index in [4.69, 9.17) is 0 Å². The third-order valence-electron chi connectivity index (χ3n) is 2.96. The smallest absolute Gasteiger partial charge is 0.201 e. The van der Waals surface area contributed by atoms with Gasteiger partial charge in [0.25, 0.3) is 0 Å². The monoisotopic (exact) mass is 217 g/mol. The lowest BCUT2D eigenvalue weighted by atomic mass is 10.0. The van der Waals surface area contributed by atoms with Gasteiger partial charge in [0, 0.05) is 6.04 Å². The van der Waals surface area contributed by atoms with Gasteiger partial charge in [0.2, 0.25) is 5.95 Å². The van der Waals surface area contributed by atoms with Crippen LogP contribution in [0.2, 0.25) is 0 Å². The highest BCUT2D eigenvalue weighted by Gasteiger charge is 2.12. The number of anilines is 1. The maximum atomic E-state index is 4.52. The van der Waals surface area contributed by atoms with Crippen LogP contribution in [0.4, 0.5) is 5.95 Å². The number of para-hydroxylation sites is 2. The minimum Gasteiger partial charge on any atom is -0.353 e. The third-order valence-corrected chi connectivity index (χ3v) is 2.96. The Balaban J connectivity index is 2.20. The van der Waals surface area contributed by atoms with Crippen molar-refractivity contribution in [3.05, 3.63) is 24.3 Å². The number of nitrogens with zero attached hydrogens (tertiary/aromatic N) is 1. The summed E-state index contributed by atoms with van der Waals surface area (Å²) in [5.74, 6) is 1.49. The van der Waals surface area contributed by atoms with Gasteiger partial charge in [-0.15, -0.1) is 0 Å². The summed E-state index contributed by atoms with van der Waals surface area (Å²) in [6, 6.07) is 8.56. The molecule has 16 heavy (non-hydrogen) atoms. The molecule has 0 bridgehead atoms. The fraction of sp³-hybridized carbons (Fsp3) is 0.462. The molecule has 0 saturated heterocycles. The number of hydrogen-bond acceptors (Lipinski definition) is 2. The Hall–Kier alpha value is -1.51. The second-order valence-electron chi connectivity index (χ2n) is 4.51. The van der Waals surface area contributed by atoms with Crippen LogP contribution in [-0.2, 0) is 0 Å². The molecule has 0 amide bonds. The van der Waals surface area contributed by atoms with Crippen molar-refractivity contribution in [1.82, 2.24) is 9.97 Å². The van der Waals surface area contributed by atoms with Crippen LogP contribution in [0, 0.1) is 5.92 Å². The lowest BCUT2D eigenvalue weighted by Gasteiger charge is -2.19. The molecule has 0 aliphatic heterocycles. The highest BCUT2D eigenvalue weighted by molar-refractivity contribution is 5.77. The molecule has 1 aromatic heterocycles. The Morgan fingerprint density at radius 2 is 2.06 bits per heavy atom. The van der Waals surface area contributed by atoms with Gasteiger partial charge < -0.3 is 10.3 Å². The number of aromatic amines is 1. The van der Waals surface area contributed by atoms with Crippen LogP contribution in [0.1, 0.15) is 27.2 Å². The van der Waals surface area contributed by atoms with E-state index in [1.165, 1.54) is 0 Å². The second kappa shape index (κ2) is 4.56. The van der Waals surface area contributed by atoms with Crippen LogP contribution in [0.3, 0.4) is 0 Å². The quantitative estimate of drug-likeness (QED) is 0.824. The molecule has 2 N–H and O–H groups in total. The summed E-state index contributed by atoms with van der Waals surface area (Å²) in [6.45, 7) is 6.65. The minimum absolute atomic E-state index is 0.473. The molecule has 0 spiro atoms. The average Bonchev–Trinajstić information content (AvgIpc) is 2.67. The largest absolute Gasteiger partial charge is 0.353 e. The minimum atomic E-state index is 0.473. The first-order valence-electron chi connectivity index (χ1n) is 5.92. The summed E-state index contributed by atoms with van der Waals surface area (Å²) in [6.07, 6.45) is 1.11. The fourth-order valence-corrected chi connectivity index (χ4v) is 1.94. The van der Waals surface area contributed by atoms with Crippen molar-refractivity contribution in [1.29, 1.82) is 0 Å². The normalized spacial score (nSPS) is 13.2. The number of rotatable bonds is 4. The number of aromatic nitrogens is 2. The summed E-state index contributed by atoms with van der Waals surface area (Å²) in [5.41, 5.74) is 2.10. The summed E-state index contributed by atoms with van der Waals surface area (Å²) in [4.78, 5) is 7.81. The van der Waals surface area contributed by atoms with Crippen LogP contribution >= 0.6 is 0 Å². The van der Waals surface area contributed by atoms with Gasteiger partial charge in [-0.1, -0.05) is 32.9 Å². The van der Waals surface area contributed by atoms with Crippen molar-refractivity contribution >= 4 is 17.0 Å². The van der Waals surface area contributed by atoms with Gasteiger partial charge in [0.05, 0.1) is 11.0 Å². The molecule has 86 valence electrons. The first-order valence-corrected chi connectivity index (χ1v) is 5.92. The van der Waals surface area contributed by atoms with E-state index in [-0.39, 0.29) is 0 Å². The third kappa shape index (κ3) is 2.18. The molecule has 2 rings (SSSR count). The van der Waals surface area contributed by atoms with E-state index < -0.39 is 0 Å². The number of nitrogens with one attached hydrogen (secondary N) is 2. The van der Waals surface area contributed by atoms with E-state index >= 15 is 0 Å². The molecule has 3 heteroatoms. The Morgan fingerprint density at radius 3 is 2.69 bits per heavy atom. The molecular formula is C13H19N3. The van der Waals surface area contributed by atoms with Crippen LogP contribution in [0.25, 0.3) is 11.0 Å². The van der Waals surface area contributed by atoms with Gasteiger partial charge in [-0.3, -0.25) is 0 Å². The number of benzene rings is 1. The molecule has 0 radical (unpaired) electrons. The lowest BCUT2D eigenvalue weighted by Crippen LogP contribution is -2.25. The van der Waals surface area contributed by atoms with Crippen molar-refractivity contribution in [2.75, 3.05) is 5.32 Å². The standard InChI is InChI=1S/C13H19N3/c1-4-10(9(2)3)14-13-15-11-7-5-6-8-12(11)16-13/h5-10H,4H2,1-3H3,(H2,14,15,16). The average molecular weight is 217 g/mol. The molecule has 1 aromatic carbocycles. The van der Waals surface area contributed by atoms with E-state index in [1.54, 1.807) is 0 Å².